The van der Waals surface area contributed by atoms with Gasteiger partial charge in [0.25, 0.3) is 5.91 Å². The lowest BCUT2D eigenvalue weighted by atomic mass is 9.39. The van der Waals surface area contributed by atoms with Crippen molar-refractivity contribution in [3.8, 4) is 5.13 Å². The van der Waals surface area contributed by atoms with Gasteiger partial charge in [-0.05, 0) is 39.2 Å². The van der Waals surface area contributed by atoms with Crippen LogP contribution in [0.5, 0.6) is 0 Å². The van der Waals surface area contributed by atoms with E-state index in [0.29, 0.717) is 24.8 Å². The third-order valence-corrected chi connectivity index (χ3v) is 5.91. The second-order valence-electron chi connectivity index (χ2n) is 6.79. The maximum absolute atomic E-state index is 12.6. The molecule has 120 valence electrons. The van der Waals surface area contributed by atoms with Crippen LogP contribution in [-0.4, -0.2) is 32.1 Å². The SMILES string of the molecule is Cc1cc(C(=O)NC23CC(C(=O)O)(C2)C3)c(C)n1-c1nccs1. The molecular weight excluding hydrogens is 314 g/mol. The molecular formula is C16H17N3O3S. The number of carbonyl (C=O) groups is 2. The van der Waals surface area contributed by atoms with Gasteiger partial charge in [0.05, 0.1) is 11.0 Å². The molecule has 0 aromatic carbocycles. The summed E-state index contributed by atoms with van der Waals surface area (Å²) in [4.78, 5) is 28.1. The Morgan fingerprint density at radius 1 is 1.35 bits per heavy atom. The van der Waals surface area contributed by atoms with Gasteiger partial charge in [0.15, 0.2) is 5.13 Å². The molecule has 2 bridgehead atoms. The Bertz CT molecular complexity index is 802. The largest absolute Gasteiger partial charge is 0.481 e. The number of nitrogens with zero attached hydrogens (tertiary/aromatic N) is 2. The zero-order valence-corrected chi connectivity index (χ0v) is 13.7. The van der Waals surface area contributed by atoms with Crippen molar-refractivity contribution in [1.82, 2.24) is 14.9 Å². The Labute approximate surface area is 137 Å². The van der Waals surface area contributed by atoms with E-state index in [0.717, 1.165) is 16.5 Å². The summed E-state index contributed by atoms with van der Waals surface area (Å²) >= 11 is 1.52. The molecule has 3 aliphatic rings. The van der Waals surface area contributed by atoms with Crippen LogP contribution in [0.15, 0.2) is 17.6 Å². The fourth-order valence-electron chi connectivity index (χ4n) is 4.07. The smallest absolute Gasteiger partial charge is 0.309 e. The van der Waals surface area contributed by atoms with Crippen LogP contribution in [0.25, 0.3) is 5.13 Å². The van der Waals surface area contributed by atoms with Crippen LogP contribution in [0, 0.1) is 19.3 Å². The molecule has 0 saturated heterocycles. The average Bonchev–Trinajstić information content (AvgIpc) is 2.99. The Morgan fingerprint density at radius 2 is 2.04 bits per heavy atom. The van der Waals surface area contributed by atoms with Crippen molar-refractivity contribution >= 4 is 23.2 Å². The first-order valence-electron chi connectivity index (χ1n) is 7.51. The number of amides is 1. The summed E-state index contributed by atoms with van der Waals surface area (Å²) in [5.41, 5.74) is 1.56. The van der Waals surface area contributed by atoms with E-state index < -0.39 is 11.4 Å². The highest BCUT2D eigenvalue weighted by atomic mass is 32.1. The number of hydrogen-bond donors (Lipinski definition) is 2. The monoisotopic (exact) mass is 331 g/mol. The third-order valence-electron chi connectivity index (χ3n) is 5.15. The minimum Gasteiger partial charge on any atom is -0.481 e. The van der Waals surface area contributed by atoms with E-state index in [1.807, 2.05) is 29.9 Å². The first-order chi connectivity index (χ1) is 10.9. The fraction of sp³-hybridized carbons (Fsp3) is 0.438. The van der Waals surface area contributed by atoms with E-state index in [9.17, 15) is 9.59 Å². The molecule has 2 heterocycles. The normalized spacial score (nSPS) is 27.9. The van der Waals surface area contributed by atoms with Gasteiger partial charge < -0.3 is 10.4 Å². The van der Waals surface area contributed by atoms with Gasteiger partial charge in [-0.2, -0.15) is 0 Å². The van der Waals surface area contributed by atoms with Crippen molar-refractivity contribution in [3.05, 3.63) is 34.6 Å². The van der Waals surface area contributed by atoms with E-state index in [1.165, 1.54) is 11.3 Å². The lowest BCUT2D eigenvalue weighted by Gasteiger charge is -2.67. The number of carbonyl (C=O) groups excluding carboxylic acids is 1. The van der Waals surface area contributed by atoms with Gasteiger partial charge in [-0.3, -0.25) is 14.2 Å². The van der Waals surface area contributed by atoms with Crippen molar-refractivity contribution in [3.63, 3.8) is 0 Å². The molecule has 0 radical (unpaired) electrons. The van der Waals surface area contributed by atoms with Gasteiger partial charge in [0.1, 0.15) is 0 Å². The van der Waals surface area contributed by atoms with Crippen LogP contribution in [0.4, 0.5) is 0 Å². The van der Waals surface area contributed by atoms with Crippen molar-refractivity contribution in [1.29, 1.82) is 0 Å². The van der Waals surface area contributed by atoms with E-state index in [-0.39, 0.29) is 11.4 Å². The minimum atomic E-state index is -0.740. The zero-order valence-electron chi connectivity index (χ0n) is 12.9. The number of carboxylic acid groups (broad SMARTS) is 1. The summed E-state index contributed by atoms with van der Waals surface area (Å²) in [5.74, 6) is -0.866. The number of thiazole rings is 1. The van der Waals surface area contributed by atoms with E-state index in [1.54, 1.807) is 6.20 Å². The average molecular weight is 331 g/mol. The van der Waals surface area contributed by atoms with Crippen LogP contribution in [0.3, 0.4) is 0 Å². The molecule has 0 aliphatic heterocycles. The summed E-state index contributed by atoms with van der Waals surface area (Å²) in [6.07, 6.45) is 3.39. The minimum absolute atomic E-state index is 0.125. The lowest BCUT2D eigenvalue weighted by molar-refractivity contribution is -0.196. The third kappa shape index (κ3) is 1.89. The van der Waals surface area contributed by atoms with Crippen molar-refractivity contribution in [2.75, 3.05) is 0 Å². The highest BCUT2D eigenvalue weighted by Crippen LogP contribution is 2.67. The molecule has 0 spiro atoms. The predicted octanol–water partition coefficient (Wildman–Crippen LogP) is 2.29. The molecule has 2 aromatic rings. The van der Waals surface area contributed by atoms with Crippen molar-refractivity contribution < 1.29 is 14.7 Å². The first kappa shape index (κ1) is 14.4. The van der Waals surface area contributed by atoms with E-state index in [4.69, 9.17) is 5.11 Å². The molecule has 23 heavy (non-hydrogen) atoms. The molecule has 6 nitrogen and oxygen atoms in total. The van der Waals surface area contributed by atoms with Crippen LogP contribution in [0.2, 0.25) is 0 Å². The molecule has 0 atom stereocenters. The molecule has 3 saturated carbocycles. The summed E-state index contributed by atoms with van der Waals surface area (Å²) in [6, 6.07) is 1.87. The zero-order chi connectivity index (χ0) is 16.4. The first-order valence-corrected chi connectivity index (χ1v) is 8.39. The molecule has 5 rings (SSSR count). The maximum Gasteiger partial charge on any atom is 0.309 e. The Balaban J connectivity index is 1.55. The number of nitrogens with one attached hydrogen (secondary N) is 1. The summed E-state index contributed by atoms with van der Waals surface area (Å²) in [6.45, 7) is 3.86. The Hall–Kier alpha value is -2.15. The van der Waals surface area contributed by atoms with Gasteiger partial charge in [-0.25, -0.2) is 4.98 Å². The Morgan fingerprint density at radius 3 is 2.61 bits per heavy atom. The predicted molar refractivity (Wildman–Crippen MR) is 85.0 cm³/mol. The Kier molecular flexibility index (Phi) is 2.79. The number of aryl methyl sites for hydroxylation is 1. The standard InChI is InChI=1S/C16H17N3O3S/c1-9-5-11(10(2)19(9)14-17-3-4-23-14)12(20)18-16-6-15(7-16,8-16)13(21)22/h3-5H,6-8H2,1-2H3,(H,18,20)(H,21,22). The summed E-state index contributed by atoms with van der Waals surface area (Å²) in [7, 11) is 0. The highest BCUT2D eigenvalue weighted by Gasteiger charge is 2.72. The van der Waals surface area contributed by atoms with Gasteiger partial charge in [0, 0.05) is 28.5 Å². The second kappa shape index (κ2) is 4.44. The topological polar surface area (TPSA) is 84.2 Å². The van der Waals surface area contributed by atoms with Crippen molar-refractivity contribution in [2.24, 2.45) is 5.41 Å². The number of carboxylic acids is 1. The molecule has 3 fully saturated rings. The summed E-state index contributed by atoms with van der Waals surface area (Å²) < 4.78 is 1.97. The molecule has 0 unspecified atom stereocenters. The van der Waals surface area contributed by atoms with Gasteiger partial charge in [-0.15, -0.1) is 11.3 Å². The van der Waals surface area contributed by atoms with Crippen LogP contribution < -0.4 is 5.32 Å². The molecule has 2 aromatic heterocycles. The fourth-order valence-corrected chi connectivity index (χ4v) is 4.82. The van der Waals surface area contributed by atoms with Crippen LogP contribution in [-0.2, 0) is 4.79 Å². The lowest BCUT2D eigenvalue weighted by Crippen LogP contribution is -2.77. The second-order valence-corrected chi connectivity index (χ2v) is 7.66. The number of rotatable bonds is 4. The summed E-state index contributed by atoms with van der Waals surface area (Å²) in [5, 5.41) is 15.0. The number of hydrogen-bond acceptors (Lipinski definition) is 4. The molecule has 7 heteroatoms. The van der Waals surface area contributed by atoms with Gasteiger partial charge >= 0.3 is 5.97 Å². The van der Waals surface area contributed by atoms with E-state index in [2.05, 4.69) is 10.3 Å². The highest BCUT2D eigenvalue weighted by molar-refractivity contribution is 7.12. The molecule has 3 aliphatic carbocycles. The number of aromatic nitrogens is 2. The van der Waals surface area contributed by atoms with Gasteiger partial charge in [0.2, 0.25) is 0 Å². The van der Waals surface area contributed by atoms with Crippen LogP contribution in [0.1, 0.15) is 41.0 Å². The number of aliphatic carboxylic acids is 1. The molecule has 1 amide bonds. The molecule has 2 N–H and O–H groups in total. The van der Waals surface area contributed by atoms with Gasteiger partial charge in [-0.1, -0.05) is 0 Å². The van der Waals surface area contributed by atoms with Crippen LogP contribution >= 0.6 is 11.3 Å². The maximum atomic E-state index is 12.6. The van der Waals surface area contributed by atoms with Crippen molar-refractivity contribution in [2.45, 2.75) is 38.6 Å². The van der Waals surface area contributed by atoms with E-state index >= 15 is 0 Å². The quantitative estimate of drug-likeness (QED) is 0.900.